The molecule has 0 atom stereocenters. The number of carbonyl (C=O) groups excluding carboxylic acids is 1. The molecule has 0 aliphatic heterocycles. The van der Waals surface area contributed by atoms with Crippen molar-refractivity contribution in [2.75, 3.05) is 5.32 Å². The normalized spacial score (nSPS) is 11.0. The summed E-state index contributed by atoms with van der Waals surface area (Å²) in [6.07, 6.45) is 1.59. The Hall–Kier alpha value is -1.93. The first-order chi connectivity index (χ1) is 10.2. The van der Waals surface area contributed by atoms with Crippen LogP contribution >= 0.6 is 22.9 Å². The Labute approximate surface area is 128 Å². The van der Waals surface area contributed by atoms with Crippen LogP contribution in [0.25, 0.3) is 10.2 Å². The van der Waals surface area contributed by atoms with E-state index in [-0.39, 0.29) is 11.4 Å². The number of nitrogens with zero attached hydrogens (tertiary/aromatic N) is 3. The van der Waals surface area contributed by atoms with E-state index in [1.165, 1.54) is 17.4 Å². The summed E-state index contributed by atoms with van der Waals surface area (Å²) in [5.41, 5.74) is 0.960. The van der Waals surface area contributed by atoms with Gasteiger partial charge in [-0.15, -0.1) is 5.10 Å². The van der Waals surface area contributed by atoms with Crippen LogP contribution in [0.3, 0.4) is 0 Å². The number of benzene rings is 1. The Morgan fingerprint density at radius 2 is 2.29 bits per heavy atom. The molecule has 2 aromatic heterocycles. The number of aromatic nitrogens is 3. The number of hydrogen-bond donors (Lipinski definition) is 1. The second-order valence-electron chi connectivity index (χ2n) is 4.36. The van der Waals surface area contributed by atoms with Crippen molar-refractivity contribution in [3.63, 3.8) is 0 Å². The third-order valence-corrected chi connectivity index (χ3v) is 4.54. The maximum atomic E-state index is 13.6. The number of thiazole rings is 1. The van der Waals surface area contributed by atoms with Crippen LogP contribution in [0.5, 0.6) is 0 Å². The van der Waals surface area contributed by atoms with Crippen LogP contribution < -0.4 is 5.32 Å². The molecule has 0 aliphatic carbocycles. The van der Waals surface area contributed by atoms with Gasteiger partial charge >= 0.3 is 0 Å². The van der Waals surface area contributed by atoms with E-state index in [0.29, 0.717) is 26.8 Å². The number of aryl methyl sites for hydroxylation is 1. The monoisotopic (exact) mass is 322 g/mol. The maximum Gasteiger partial charge on any atom is 0.271 e. The SMILES string of the molecule is CCCc1nnsc1C(=O)Nc1nc2c(F)cccc2s1. The largest absolute Gasteiger partial charge is 0.297 e. The summed E-state index contributed by atoms with van der Waals surface area (Å²) in [7, 11) is 0. The van der Waals surface area contributed by atoms with Gasteiger partial charge in [0.15, 0.2) is 5.13 Å². The Bertz CT molecular complexity index is 798. The fourth-order valence-electron chi connectivity index (χ4n) is 1.90. The van der Waals surface area contributed by atoms with E-state index < -0.39 is 5.82 Å². The molecule has 8 heteroatoms. The van der Waals surface area contributed by atoms with Gasteiger partial charge in [0.2, 0.25) is 0 Å². The number of amides is 1. The van der Waals surface area contributed by atoms with Crippen LogP contribution in [0.1, 0.15) is 28.7 Å². The molecule has 1 N–H and O–H groups in total. The zero-order valence-electron chi connectivity index (χ0n) is 11.1. The molecular formula is C13H11FN4OS2. The van der Waals surface area contributed by atoms with Crippen molar-refractivity contribution in [3.8, 4) is 0 Å². The molecule has 3 rings (SSSR count). The summed E-state index contributed by atoms with van der Waals surface area (Å²) in [5, 5.41) is 7.02. The molecule has 0 spiro atoms. The third-order valence-electron chi connectivity index (χ3n) is 2.84. The lowest BCUT2D eigenvalue weighted by Gasteiger charge is -1.99. The lowest BCUT2D eigenvalue weighted by atomic mass is 10.2. The smallest absolute Gasteiger partial charge is 0.271 e. The highest BCUT2D eigenvalue weighted by molar-refractivity contribution is 7.22. The average Bonchev–Trinajstić information content (AvgIpc) is 3.06. The molecule has 0 radical (unpaired) electrons. The van der Waals surface area contributed by atoms with E-state index in [0.717, 1.165) is 18.0 Å². The molecule has 0 saturated carbocycles. The number of rotatable bonds is 4. The lowest BCUT2D eigenvalue weighted by molar-refractivity contribution is 0.102. The van der Waals surface area contributed by atoms with Crippen LogP contribution in [-0.4, -0.2) is 20.5 Å². The molecule has 0 unspecified atom stereocenters. The number of carbonyl (C=O) groups is 1. The first kappa shape index (κ1) is 14.0. The predicted molar refractivity (Wildman–Crippen MR) is 81.4 cm³/mol. The van der Waals surface area contributed by atoms with Gasteiger partial charge in [0.25, 0.3) is 5.91 Å². The third kappa shape index (κ3) is 2.77. The van der Waals surface area contributed by atoms with E-state index in [9.17, 15) is 9.18 Å². The highest BCUT2D eigenvalue weighted by Crippen LogP contribution is 2.28. The Morgan fingerprint density at radius 3 is 3.05 bits per heavy atom. The molecule has 2 heterocycles. The summed E-state index contributed by atoms with van der Waals surface area (Å²) in [6.45, 7) is 2.01. The van der Waals surface area contributed by atoms with Crippen molar-refractivity contribution in [2.45, 2.75) is 19.8 Å². The maximum absolute atomic E-state index is 13.6. The topological polar surface area (TPSA) is 67.8 Å². The molecule has 3 aromatic rings. The summed E-state index contributed by atoms with van der Waals surface area (Å²) >= 11 is 2.29. The molecular weight excluding hydrogens is 311 g/mol. The van der Waals surface area contributed by atoms with Crippen molar-refractivity contribution in [1.82, 2.24) is 14.6 Å². The Balaban J connectivity index is 1.86. The Kier molecular flexibility index (Phi) is 3.89. The van der Waals surface area contributed by atoms with E-state index in [1.54, 1.807) is 12.1 Å². The summed E-state index contributed by atoms with van der Waals surface area (Å²) in [4.78, 5) is 16.8. The van der Waals surface area contributed by atoms with Crippen LogP contribution in [-0.2, 0) is 6.42 Å². The molecule has 5 nitrogen and oxygen atoms in total. The number of nitrogens with one attached hydrogen (secondary N) is 1. The van der Waals surface area contributed by atoms with Crippen LogP contribution in [0, 0.1) is 5.82 Å². The van der Waals surface area contributed by atoms with Gasteiger partial charge in [-0.3, -0.25) is 10.1 Å². The summed E-state index contributed by atoms with van der Waals surface area (Å²) in [5.74, 6) is -0.691. The molecule has 108 valence electrons. The minimum absolute atomic E-state index is 0.272. The van der Waals surface area contributed by atoms with Crippen LogP contribution in [0.2, 0.25) is 0 Å². The van der Waals surface area contributed by atoms with Gasteiger partial charge in [-0.2, -0.15) is 0 Å². The van der Waals surface area contributed by atoms with Crippen molar-refractivity contribution in [3.05, 3.63) is 34.6 Å². The minimum atomic E-state index is -0.393. The quantitative estimate of drug-likeness (QED) is 0.798. The molecule has 1 amide bonds. The predicted octanol–water partition coefficient (Wildman–Crippen LogP) is 3.49. The van der Waals surface area contributed by atoms with Crippen LogP contribution in [0.4, 0.5) is 9.52 Å². The summed E-state index contributed by atoms with van der Waals surface area (Å²) < 4.78 is 18.1. The molecule has 21 heavy (non-hydrogen) atoms. The van der Waals surface area contributed by atoms with Crippen molar-refractivity contribution in [2.24, 2.45) is 0 Å². The minimum Gasteiger partial charge on any atom is -0.297 e. The molecule has 1 aromatic carbocycles. The van der Waals surface area contributed by atoms with Gasteiger partial charge in [0.1, 0.15) is 16.2 Å². The van der Waals surface area contributed by atoms with Gasteiger partial charge in [-0.05, 0) is 30.1 Å². The fraction of sp³-hybridized carbons (Fsp3) is 0.231. The van der Waals surface area contributed by atoms with Crippen molar-refractivity contribution >= 4 is 44.1 Å². The number of hydrogen-bond acceptors (Lipinski definition) is 6. The number of halogens is 1. The second-order valence-corrected chi connectivity index (χ2v) is 6.14. The molecule has 0 saturated heterocycles. The fourth-order valence-corrected chi connectivity index (χ4v) is 3.38. The molecule has 0 bridgehead atoms. The van der Waals surface area contributed by atoms with E-state index in [1.807, 2.05) is 6.92 Å². The van der Waals surface area contributed by atoms with Gasteiger partial charge in [0.05, 0.1) is 10.4 Å². The number of fused-ring (bicyclic) bond motifs is 1. The van der Waals surface area contributed by atoms with Crippen LogP contribution in [0.15, 0.2) is 18.2 Å². The zero-order valence-corrected chi connectivity index (χ0v) is 12.7. The average molecular weight is 322 g/mol. The Morgan fingerprint density at radius 1 is 1.43 bits per heavy atom. The van der Waals surface area contributed by atoms with E-state index in [4.69, 9.17) is 0 Å². The van der Waals surface area contributed by atoms with Gasteiger partial charge in [-0.25, -0.2) is 9.37 Å². The summed E-state index contributed by atoms with van der Waals surface area (Å²) in [6, 6.07) is 4.73. The van der Waals surface area contributed by atoms with Crippen molar-refractivity contribution < 1.29 is 9.18 Å². The zero-order chi connectivity index (χ0) is 14.8. The van der Waals surface area contributed by atoms with Gasteiger partial charge < -0.3 is 0 Å². The molecule has 0 fully saturated rings. The highest BCUT2D eigenvalue weighted by Gasteiger charge is 2.17. The highest BCUT2D eigenvalue weighted by atomic mass is 32.1. The number of para-hydroxylation sites is 1. The van der Waals surface area contributed by atoms with Gasteiger partial charge in [0, 0.05) is 0 Å². The first-order valence-electron chi connectivity index (χ1n) is 6.36. The van der Waals surface area contributed by atoms with E-state index in [2.05, 4.69) is 19.9 Å². The van der Waals surface area contributed by atoms with Gasteiger partial charge in [-0.1, -0.05) is 35.2 Å². The molecule has 0 aliphatic rings. The second kappa shape index (κ2) is 5.82. The van der Waals surface area contributed by atoms with E-state index >= 15 is 0 Å². The van der Waals surface area contributed by atoms with Crippen molar-refractivity contribution in [1.29, 1.82) is 0 Å². The standard InChI is InChI=1S/C13H11FN4OS2/c1-2-4-8-11(21-18-17-8)12(19)16-13-15-10-7(14)5-3-6-9(10)20-13/h3,5-6H,2,4H2,1H3,(H,15,16,19). The number of anilines is 1. The lowest BCUT2D eigenvalue weighted by Crippen LogP contribution is -2.12. The first-order valence-corrected chi connectivity index (χ1v) is 7.95.